The molecule has 0 aromatic heterocycles. The normalized spacial score (nSPS) is 27.2. The maximum atomic E-state index is 3.50. The van der Waals surface area contributed by atoms with Crippen LogP contribution in [0.15, 0.2) is 0 Å². The van der Waals surface area contributed by atoms with Gasteiger partial charge in [-0.05, 0) is 49.6 Å². The Morgan fingerprint density at radius 3 is 2.54 bits per heavy atom. The maximum absolute atomic E-state index is 3.50. The van der Waals surface area contributed by atoms with Crippen LogP contribution in [-0.2, 0) is 0 Å². The van der Waals surface area contributed by atoms with Crippen molar-refractivity contribution in [2.45, 2.75) is 47.0 Å². The van der Waals surface area contributed by atoms with E-state index >= 15 is 0 Å². The van der Waals surface area contributed by atoms with Crippen LogP contribution in [0.2, 0.25) is 0 Å². The van der Waals surface area contributed by atoms with E-state index in [4.69, 9.17) is 0 Å². The molecule has 1 aliphatic rings. The van der Waals surface area contributed by atoms with Gasteiger partial charge in [0, 0.05) is 0 Å². The van der Waals surface area contributed by atoms with Crippen molar-refractivity contribution in [2.75, 3.05) is 13.1 Å². The van der Waals surface area contributed by atoms with Crippen molar-refractivity contribution in [3.63, 3.8) is 0 Å². The molecule has 0 spiro atoms. The van der Waals surface area contributed by atoms with E-state index in [9.17, 15) is 0 Å². The lowest BCUT2D eigenvalue weighted by molar-refractivity contribution is 0.206. The van der Waals surface area contributed by atoms with Gasteiger partial charge in [-0.15, -0.1) is 0 Å². The van der Waals surface area contributed by atoms with Crippen molar-refractivity contribution in [3.8, 4) is 0 Å². The molecule has 0 radical (unpaired) electrons. The molecule has 1 unspecified atom stereocenters. The lowest BCUT2D eigenvalue weighted by Gasteiger charge is -2.32. The van der Waals surface area contributed by atoms with Crippen LogP contribution in [0.4, 0.5) is 0 Å². The van der Waals surface area contributed by atoms with Gasteiger partial charge >= 0.3 is 0 Å². The molecule has 78 valence electrons. The van der Waals surface area contributed by atoms with Gasteiger partial charge in [0.05, 0.1) is 0 Å². The SMILES string of the molecule is C[C@H](CC(C)(C)C)C1CCCNC1. The minimum absolute atomic E-state index is 0.497. The molecule has 1 fully saturated rings. The summed E-state index contributed by atoms with van der Waals surface area (Å²) in [6.45, 7) is 11.9. The summed E-state index contributed by atoms with van der Waals surface area (Å²) in [6.07, 6.45) is 4.17. The Kier molecular flexibility index (Phi) is 3.78. The lowest BCUT2D eigenvalue weighted by Crippen LogP contribution is -2.34. The Morgan fingerprint density at radius 1 is 1.38 bits per heavy atom. The second-order valence-corrected chi connectivity index (χ2v) is 5.85. The number of rotatable bonds is 2. The molecule has 1 N–H and O–H groups in total. The number of piperidine rings is 1. The number of nitrogens with one attached hydrogen (secondary N) is 1. The van der Waals surface area contributed by atoms with Crippen LogP contribution in [0.1, 0.15) is 47.0 Å². The van der Waals surface area contributed by atoms with Crippen LogP contribution >= 0.6 is 0 Å². The van der Waals surface area contributed by atoms with Gasteiger partial charge in [-0.3, -0.25) is 0 Å². The first-order chi connectivity index (χ1) is 5.99. The molecule has 1 rings (SSSR count). The van der Waals surface area contributed by atoms with Crippen molar-refractivity contribution in [3.05, 3.63) is 0 Å². The highest BCUT2D eigenvalue weighted by molar-refractivity contribution is 4.77. The van der Waals surface area contributed by atoms with Gasteiger partial charge < -0.3 is 5.32 Å². The smallest absolute Gasteiger partial charge is 0.00180 e. The first-order valence-corrected chi connectivity index (χ1v) is 5.70. The van der Waals surface area contributed by atoms with Crippen molar-refractivity contribution < 1.29 is 0 Å². The molecule has 2 atom stereocenters. The highest BCUT2D eigenvalue weighted by Gasteiger charge is 2.23. The molecule has 0 aromatic carbocycles. The van der Waals surface area contributed by atoms with Crippen molar-refractivity contribution in [2.24, 2.45) is 17.3 Å². The summed E-state index contributed by atoms with van der Waals surface area (Å²) in [5, 5.41) is 3.50. The standard InChI is InChI=1S/C12H25N/c1-10(8-12(2,3)4)11-6-5-7-13-9-11/h10-11,13H,5-9H2,1-4H3/t10-,11?/m1/s1. The maximum Gasteiger partial charge on any atom is -0.00180 e. The molecule has 1 nitrogen and oxygen atoms in total. The Balaban J connectivity index is 2.33. The zero-order valence-electron chi connectivity index (χ0n) is 9.69. The molecular formula is C12H25N. The van der Waals surface area contributed by atoms with Gasteiger partial charge in [-0.2, -0.15) is 0 Å². The fourth-order valence-electron chi connectivity index (χ4n) is 2.50. The average Bonchev–Trinajstić information content (AvgIpc) is 2.03. The van der Waals surface area contributed by atoms with Gasteiger partial charge in [0.15, 0.2) is 0 Å². The van der Waals surface area contributed by atoms with E-state index < -0.39 is 0 Å². The summed E-state index contributed by atoms with van der Waals surface area (Å²) in [4.78, 5) is 0. The first-order valence-electron chi connectivity index (χ1n) is 5.70. The van der Waals surface area contributed by atoms with Crippen molar-refractivity contribution >= 4 is 0 Å². The Labute approximate surface area is 83.3 Å². The molecule has 0 aromatic rings. The molecule has 0 saturated carbocycles. The molecule has 1 saturated heterocycles. The number of hydrogen-bond acceptors (Lipinski definition) is 1. The van der Waals surface area contributed by atoms with Gasteiger partial charge in [-0.1, -0.05) is 27.7 Å². The highest BCUT2D eigenvalue weighted by Crippen LogP contribution is 2.31. The van der Waals surface area contributed by atoms with E-state index in [0.29, 0.717) is 5.41 Å². The van der Waals surface area contributed by atoms with Gasteiger partial charge in [-0.25, -0.2) is 0 Å². The predicted molar refractivity (Wildman–Crippen MR) is 58.8 cm³/mol. The zero-order chi connectivity index (χ0) is 9.90. The summed E-state index contributed by atoms with van der Waals surface area (Å²) in [7, 11) is 0. The molecule has 1 aliphatic heterocycles. The van der Waals surface area contributed by atoms with Crippen LogP contribution in [0, 0.1) is 17.3 Å². The largest absolute Gasteiger partial charge is 0.316 e. The minimum atomic E-state index is 0.497. The summed E-state index contributed by atoms with van der Waals surface area (Å²) < 4.78 is 0. The molecule has 0 amide bonds. The van der Waals surface area contributed by atoms with Crippen LogP contribution in [0.3, 0.4) is 0 Å². The fourth-order valence-corrected chi connectivity index (χ4v) is 2.50. The third-order valence-corrected chi connectivity index (χ3v) is 3.07. The van der Waals surface area contributed by atoms with Crippen LogP contribution < -0.4 is 5.32 Å². The van der Waals surface area contributed by atoms with Gasteiger partial charge in [0.25, 0.3) is 0 Å². The third-order valence-electron chi connectivity index (χ3n) is 3.07. The van der Waals surface area contributed by atoms with E-state index in [1.54, 1.807) is 0 Å². The zero-order valence-corrected chi connectivity index (χ0v) is 9.69. The van der Waals surface area contributed by atoms with Crippen molar-refractivity contribution in [1.29, 1.82) is 0 Å². The molecule has 13 heavy (non-hydrogen) atoms. The summed E-state index contributed by atoms with van der Waals surface area (Å²) in [6, 6.07) is 0. The van der Waals surface area contributed by atoms with Crippen molar-refractivity contribution in [1.82, 2.24) is 5.32 Å². The third kappa shape index (κ3) is 4.12. The molecule has 0 bridgehead atoms. The summed E-state index contributed by atoms with van der Waals surface area (Å²) >= 11 is 0. The predicted octanol–water partition coefficient (Wildman–Crippen LogP) is 3.06. The molecule has 0 aliphatic carbocycles. The topological polar surface area (TPSA) is 12.0 Å². The molecular weight excluding hydrogens is 158 g/mol. The van der Waals surface area contributed by atoms with E-state index in [0.717, 1.165) is 11.8 Å². The second-order valence-electron chi connectivity index (χ2n) is 5.85. The first kappa shape index (κ1) is 11.0. The second kappa shape index (κ2) is 4.45. The summed E-state index contributed by atoms with van der Waals surface area (Å²) in [5.41, 5.74) is 0.497. The average molecular weight is 183 g/mol. The Bertz CT molecular complexity index is 140. The van der Waals surface area contributed by atoms with Crippen LogP contribution in [0.5, 0.6) is 0 Å². The highest BCUT2D eigenvalue weighted by atomic mass is 14.9. The minimum Gasteiger partial charge on any atom is -0.316 e. The quantitative estimate of drug-likeness (QED) is 0.694. The van der Waals surface area contributed by atoms with E-state index in [1.165, 1.54) is 32.4 Å². The monoisotopic (exact) mass is 183 g/mol. The fraction of sp³-hybridized carbons (Fsp3) is 1.00. The van der Waals surface area contributed by atoms with E-state index in [1.807, 2.05) is 0 Å². The number of hydrogen-bond donors (Lipinski definition) is 1. The van der Waals surface area contributed by atoms with Gasteiger partial charge in [0.2, 0.25) is 0 Å². The Hall–Kier alpha value is -0.0400. The molecule has 1 heterocycles. The lowest BCUT2D eigenvalue weighted by atomic mass is 9.77. The van der Waals surface area contributed by atoms with Gasteiger partial charge in [0.1, 0.15) is 0 Å². The molecule has 1 heteroatoms. The Morgan fingerprint density at radius 2 is 2.08 bits per heavy atom. The summed E-state index contributed by atoms with van der Waals surface area (Å²) in [5.74, 6) is 1.81. The van der Waals surface area contributed by atoms with E-state index in [2.05, 4.69) is 33.0 Å². The van der Waals surface area contributed by atoms with E-state index in [-0.39, 0.29) is 0 Å². The van der Waals surface area contributed by atoms with Crippen LogP contribution in [0.25, 0.3) is 0 Å². The van der Waals surface area contributed by atoms with Crippen LogP contribution in [-0.4, -0.2) is 13.1 Å².